The fourth-order valence-electron chi connectivity index (χ4n) is 2.88. The number of anilines is 1. The van der Waals surface area contributed by atoms with Crippen molar-refractivity contribution in [2.45, 2.75) is 18.0 Å². The molecule has 0 radical (unpaired) electrons. The Morgan fingerprint density at radius 1 is 1.03 bits per heavy atom. The first-order valence-electron chi connectivity index (χ1n) is 8.90. The number of hydrogen-bond acceptors (Lipinski definition) is 6. The van der Waals surface area contributed by atoms with E-state index in [4.69, 9.17) is 5.84 Å². The highest BCUT2D eigenvalue weighted by atomic mass is 32.2. The number of amides is 1. The maximum absolute atomic E-state index is 14.7. The molecule has 3 aromatic rings. The van der Waals surface area contributed by atoms with Crippen LogP contribution in [0, 0.1) is 5.82 Å². The number of benzene rings is 2. The van der Waals surface area contributed by atoms with Crippen molar-refractivity contribution in [2.75, 3.05) is 11.3 Å². The first-order chi connectivity index (χ1) is 14.8. The molecule has 2 N–H and O–H groups in total. The summed E-state index contributed by atoms with van der Waals surface area (Å²) in [6.45, 7) is 1.00. The quantitative estimate of drug-likeness (QED) is 0.271. The van der Waals surface area contributed by atoms with Crippen molar-refractivity contribution in [1.29, 1.82) is 0 Å². The molecular weight excluding hydrogens is 452 g/mol. The van der Waals surface area contributed by atoms with Gasteiger partial charge in [0, 0.05) is 24.3 Å². The molecule has 0 saturated heterocycles. The summed E-state index contributed by atoms with van der Waals surface area (Å²) in [7, 11) is -3.58. The van der Waals surface area contributed by atoms with Crippen LogP contribution in [0.1, 0.15) is 12.7 Å². The van der Waals surface area contributed by atoms with Gasteiger partial charge in [0.1, 0.15) is 5.82 Å². The molecule has 0 aliphatic rings. The highest BCUT2D eigenvalue weighted by molar-refractivity contribution is 7.90. The number of aromatic nitrogens is 2. The molecule has 0 bridgehead atoms. The fraction of sp³-hybridized carbons (Fsp3) is 0.150. The third-order valence-electron chi connectivity index (χ3n) is 4.41. The van der Waals surface area contributed by atoms with E-state index in [2.05, 4.69) is 9.97 Å². The van der Waals surface area contributed by atoms with Gasteiger partial charge in [0.05, 0.1) is 16.2 Å². The molecule has 1 heterocycles. The molecule has 32 heavy (non-hydrogen) atoms. The molecule has 12 heteroatoms. The maximum atomic E-state index is 14.7. The van der Waals surface area contributed by atoms with Crippen LogP contribution >= 0.6 is 0 Å². The van der Waals surface area contributed by atoms with Crippen molar-refractivity contribution < 1.29 is 30.8 Å². The van der Waals surface area contributed by atoms with E-state index in [1.54, 1.807) is 0 Å². The lowest BCUT2D eigenvalue weighted by Gasteiger charge is -2.22. The lowest BCUT2D eigenvalue weighted by atomic mass is 9.98. The van der Waals surface area contributed by atoms with Gasteiger partial charge in [-0.3, -0.25) is 4.79 Å². The fourth-order valence-corrected chi connectivity index (χ4v) is 3.51. The van der Waals surface area contributed by atoms with E-state index >= 15 is 0 Å². The molecule has 168 valence electrons. The third kappa shape index (κ3) is 4.60. The predicted octanol–water partition coefficient (Wildman–Crippen LogP) is 3.60. The van der Waals surface area contributed by atoms with E-state index in [9.17, 15) is 30.8 Å². The van der Waals surface area contributed by atoms with E-state index in [1.807, 2.05) is 0 Å². The van der Waals surface area contributed by atoms with Gasteiger partial charge in [-0.2, -0.15) is 13.2 Å². The van der Waals surface area contributed by atoms with Crippen molar-refractivity contribution in [1.82, 2.24) is 9.97 Å². The Bertz CT molecular complexity index is 1290. The minimum absolute atomic E-state index is 0.0294. The molecule has 0 unspecified atom stereocenters. The number of hydrazine groups is 1. The number of nitrogens with two attached hydrogens (primary N) is 1. The molecule has 1 aromatic heterocycles. The minimum Gasteiger partial charge on any atom is -0.273 e. The van der Waals surface area contributed by atoms with Crippen LogP contribution in [0.3, 0.4) is 0 Å². The molecule has 0 spiro atoms. The Kier molecular flexibility index (Phi) is 6.03. The number of nitrogens with zero attached hydrogens (tertiary/aromatic N) is 3. The van der Waals surface area contributed by atoms with Crippen LogP contribution in [-0.2, 0) is 20.8 Å². The molecule has 3 rings (SSSR count). The van der Waals surface area contributed by atoms with E-state index in [1.165, 1.54) is 42.5 Å². The zero-order valence-corrected chi connectivity index (χ0v) is 17.5. The number of carbonyl (C=O) groups excluding carboxylic acids is 1. The average Bonchev–Trinajstić information content (AvgIpc) is 2.71. The lowest BCUT2D eigenvalue weighted by molar-refractivity contribution is -0.144. The molecule has 7 nitrogen and oxygen atoms in total. The van der Waals surface area contributed by atoms with Crippen molar-refractivity contribution >= 4 is 21.6 Å². The molecule has 1 amide bonds. The standard InChI is InChI=1S/C20H16F4N4O3S/c1-11(29)28(25)18-16(14-5-3-4-6-15(14)21)17(26-19(27-18)20(22,23)24)12-7-9-13(10-8-12)32(2,30)31/h3-10H,25H2,1-2H3. The Hall–Kier alpha value is -3.38. The van der Waals surface area contributed by atoms with Crippen LogP contribution in [0.25, 0.3) is 22.4 Å². The van der Waals surface area contributed by atoms with Gasteiger partial charge in [0.2, 0.25) is 11.7 Å². The molecule has 0 saturated carbocycles. The second-order valence-electron chi connectivity index (χ2n) is 6.76. The van der Waals surface area contributed by atoms with Crippen LogP contribution in [0.2, 0.25) is 0 Å². The van der Waals surface area contributed by atoms with Gasteiger partial charge in [-0.05, 0) is 18.2 Å². The molecule has 0 fully saturated rings. The highest BCUT2D eigenvalue weighted by Crippen LogP contribution is 2.40. The Labute approximate surface area is 180 Å². The van der Waals surface area contributed by atoms with Crippen LogP contribution < -0.4 is 10.9 Å². The predicted molar refractivity (Wildman–Crippen MR) is 108 cm³/mol. The minimum atomic E-state index is -5.01. The van der Waals surface area contributed by atoms with Crippen molar-refractivity contribution in [3.8, 4) is 22.4 Å². The van der Waals surface area contributed by atoms with Gasteiger partial charge in [-0.25, -0.2) is 33.6 Å². The Morgan fingerprint density at radius 3 is 2.12 bits per heavy atom. The largest absolute Gasteiger partial charge is 0.451 e. The van der Waals surface area contributed by atoms with E-state index in [-0.39, 0.29) is 27.3 Å². The average molecular weight is 468 g/mol. The number of hydrogen-bond donors (Lipinski definition) is 1. The third-order valence-corrected chi connectivity index (χ3v) is 5.54. The number of sulfone groups is 1. The lowest BCUT2D eigenvalue weighted by Crippen LogP contribution is -2.37. The topological polar surface area (TPSA) is 106 Å². The molecule has 0 aliphatic carbocycles. The zero-order valence-electron chi connectivity index (χ0n) is 16.7. The summed E-state index contributed by atoms with van der Waals surface area (Å²) in [5.41, 5.74) is -0.818. The second-order valence-corrected chi connectivity index (χ2v) is 8.77. The summed E-state index contributed by atoms with van der Waals surface area (Å²) in [5.74, 6) is 1.76. The zero-order chi connectivity index (χ0) is 23.8. The van der Waals surface area contributed by atoms with E-state index < -0.39 is 39.4 Å². The molecule has 0 aliphatic heterocycles. The number of alkyl halides is 3. The highest BCUT2D eigenvalue weighted by Gasteiger charge is 2.38. The van der Waals surface area contributed by atoms with Crippen LogP contribution in [0.15, 0.2) is 53.4 Å². The monoisotopic (exact) mass is 468 g/mol. The van der Waals surface area contributed by atoms with Crippen LogP contribution in [-0.4, -0.2) is 30.5 Å². The normalized spacial score (nSPS) is 12.0. The summed E-state index contributed by atoms with van der Waals surface area (Å²) < 4.78 is 78.8. The number of rotatable bonds is 4. The summed E-state index contributed by atoms with van der Waals surface area (Å²) in [4.78, 5) is 18.8. The maximum Gasteiger partial charge on any atom is 0.451 e. The van der Waals surface area contributed by atoms with Gasteiger partial charge in [0.25, 0.3) is 0 Å². The van der Waals surface area contributed by atoms with Crippen molar-refractivity contribution in [3.63, 3.8) is 0 Å². The van der Waals surface area contributed by atoms with Gasteiger partial charge in [-0.1, -0.05) is 30.3 Å². The van der Waals surface area contributed by atoms with E-state index in [0.717, 1.165) is 19.2 Å². The van der Waals surface area contributed by atoms with Gasteiger partial charge < -0.3 is 0 Å². The summed E-state index contributed by atoms with van der Waals surface area (Å²) in [6, 6.07) is 9.95. The summed E-state index contributed by atoms with van der Waals surface area (Å²) in [6.07, 6.45) is -4.04. The number of halogens is 4. The summed E-state index contributed by atoms with van der Waals surface area (Å²) >= 11 is 0. The van der Waals surface area contributed by atoms with Crippen LogP contribution in [0.5, 0.6) is 0 Å². The molecule has 0 atom stereocenters. The first kappa shape index (κ1) is 23.3. The second kappa shape index (κ2) is 8.28. The van der Waals surface area contributed by atoms with Crippen molar-refractivity contribution in [2.24, 2.45) is 5.84 Å². The molecule has 2 aromatic carbocycles. The van der Waals surface area contributed by atoms with Crippen molar-refractivity contribution in [3.05, 3.63) is 60.2 Å². The van der Waals surface area contributed by atoms with Gasteiger partial charge in [-0.15, -0.1) is 0 Å². The van der Waals surface area contributed by atoms with Gasteiger partial charge in [0.15, 0.2) is 15.7 Å². The van der Waals surface area contributed by atoms with Crippen LogP contribution in [0.4, 0.5) is 23.4 Å². The Balaban J connectivity index is 2.44. The number of carbonyl (C=O) groups is 1. The van der Waals surface area contributed by atoms with E-state index in [0.29, 0.717) is 5.01 Å². The summed E-state index contributed by atoms with van der Waals surface area (Å²) in [5, 5.41) is 0.368. The molecular formula is C20H16F4N4O3S. The van der Waals surface area contributed by atoms with Gasteiger partial charge >= 0.3 is 6.18 Å². The smallest absolute Gasteiger partial charge is 0.273 e. The first-order valence-corrected chi connectivity index (χ1v) is 10.8. The Morgan fingerprint density at radius 2 is 1.62 bits per heavy atom. The SMILES string of the molecule is CC(=O)N(N)c1nc(C(F)(F)F)nc(-c2ccc(S(C)(=O)=O)cc2)c1-c1ccccc1F.